The van der Waals surface area contributed by atoms with Gasteiger partial charge in [-0.1, -0.05) is 18.3 Å². The van der Waals surface area contributed by atoms with Crippen LogP contribution in [0.3, 0.4) is 0 Å². The topological polar surface area (TPSA) is 53.6 Å². The van der Waals surface area contributed by atoms with Crippen molar-refractivity contribution in [2.45, 2.75) is 0 Å². The van der Waals surface area contributed by atoms with Crippen LogP contribution < -0.4 is 5.32 Å². The molecule has 0 radical (unpaired) electrons. The fourth-order valence-corrected chi connectivity index (χ4v) is 0.745. The molecular weight excluding hydrogens is 160 g/mol. The zero-order valence-corrected chi connectivity index (χ0v) is 6.69. The van der Waals surface area contributed by atoms with Crippen molar-refractivity contribution in [3.63, 3.8) is 0 Å². The maximum atomic E-state index is 4.95. The average molecular weight is 168 g/mol. The van der Waals surface area contributed by atoms with Gasteiger partial charge in [-0.15, -0.1) is 6.58 Å². The molecule has 0 atom stereocenters. The summed E-state index contributed by atoms with van der Waals surface area (Å²) in [5, 5.41) is 9.22. The molecule has 2 N–H and O–H groups in total. The van der Waals surface area contributed by atoms with Gasteiger partial charge in [-0.05, 0) is 0 Å². The first-order valence-electron chi connectivity index (χ1n) is 3.09. The minimum Gasteiger partial charge on any atom is -0.370 e. The van der Waals surface area contributed by atoms with Gasteiger partial charge in [-0.2, -0.15) is 5.10 Å². The lowest BCUT2D eigenvalue weighted by Crippen LogP contribution is -2.23. The van der Waals surface area contributed by atoms with E-state index in [1.165, 1.54) is 6.33 Å². The Labute approximate surface area is 69.7 Å². The van der Waals surface area contributed by atoms with Crippen molar-refractivity contribution in [2.24, 2.45) is 0 Å². The van der Waals surface area contributed by atoms with E-state index in [-0.39, 0.29) is 0 Å². The summed E-state index contributed by atoms with van der Waals surface area (Å²) in [5.41, 5.74) is 0. The number of thiocarbonyl (C=S) groups is 1. The van der Waals surface area contributed by atoms with Crippen molar-refractivity contribution in [1.29, 1.82) is 0 Å². The van der Waals surface area contributed by atoms with Gasteiger partial charge in [-0.25, -0.2) is 4.98 Å². The molecule has 11 heavy (non-hydrogen) atoms. The average Bonchev–Trinajstić information content (AvgIpc) is 2.52. The van der Waals surface area contributed by atoms with Crippen molar-refractivity contribution in [1.82, 2.24) is 20.5 Å². The van der Waals surface area contributed by atoms with Crippen LogP contribution in [0.15, 0.2) is 19.0 Å². The van der Waals surface area contributed by atoms with Crippen LogP contribution in [0.5, 0.6) is 0 Å². The molecule has 5 heteroatoms. The van der Waals surface area contributed by atoms with E-state index in [0.29, 0.717) is 17.4 Å². The van der Waals surface area contributed by atoms with Crippen LogP contribution in [0, 0.1) is 0 Å². The predicted octanol–water partition coefficient (Wildman–Crippen LogP) is 0.256. The summed E-state index contributed by atoms with van der Waals surface area (Å²) in [6.45, 7) is 4.18. The minimum atomic E-state index is 0.558. The highest BCUT2D eigenvalue weighted by Crippen LogP contribution is 1.86. The molecule has 0 aliphatic heterocycles. The first kappa shape index (κ1) is 7.87. The van der Waals surface area contributed by atoms with Crippen LogP contribution in [0.25, 0.3) is 0 Å². The van der Waals surface area contributed by atoms with Crippen LogP contribution in [-0.2, 0) is 0 Å². The Morgan fingerprint density at radius 1 is 1.91 bits per heavy atom. The van der Waals surface area contributed by atoms with E-state index in [1.807, 2.05) is 0 Å². The van der Waals surface area contributed by atoms with Gasteiger partial charge < -0.3 is 5.32 Å². The molecule has 0 bridgehead atoms. The van der Waals surface area contributed by atoms with Crippen molar-refractivity contribution >= 4 is 17.2 Å². The van der Waals surface area contributed by atoms with Gasteiger partial charge in [-0.3, -0.25) is 5.10 Å². The largest absolute Gasteiger partial charge is 0.370 e. The highest BCUT2D eigenvalue weighted by Gasteiger charge is 2.00. The van der Waals surface area contributed by atoms with Gasteiger partial charge in [0.05, 0.1) is 0 Å². The van der Waals surface area contributed by atoms with Gasteiger partial charge in [0.1, 0.15) is 11.3 Å². The summed E-state index contributed by atoms with van der Waals surface area (Å²) >= 11 is 4.95. The van der Waals surface area contributed by atoms with E-state index in [2.05, 4.69) is 27.1 Å². The minimum absolute atomic E-state index is 0.558. The summed E-state index contributed by atoms with van der Waals surface area (Å²) in [5.74, 6) is 0.585. The summed E-state index contributed by atoms with van der Waals surface area (Å²) in [6.07, 6.45) is 3.14. The van der Waals surface area contributed by atoms with Crippen LogP contribution in [0.1, 0.15) is 5.82 Å². The monoisotopic (exact) mass is 168 g/mol. The van der Waals surface area contributed by atoms with Crippen LogP contribution in [0.2, 0.25) is 0 Å². The summed E-state index contributed by atoms with van der Waals surface area (Å²) in [7, 11) is 0. The van der Waals surface area contributed by atoms with Crippen LogP contribution in [0.4, 0.5) is 0 Å². The van der Waals surface area contributed by atoms with Crippen molar-refractivity contribution in [3.05, 3.63) is 24.8 Å². The Bertz CT molecular complexity index is 241. The van der Waals surface area contributed by atoms with Gasteiger partial charge in [0.15, 0.2) is 5.82 Å². The standard InChI is InChI=1S/C6H8N4S/c1-2-3-7-6(11)5-8-4-9-10-5/h2,4H,1,3H2,(H,7,11)(H,8,9,10). The summed E-state index contributed by atoms with van der Waals surface area (Å²) in [4.78, 5) is 4.42. The van der Waals surface area contributed by atoms with Gasteiger partial charge in [0, 0.05) is 6.54 Å². The first-order chi connectivity index (χ1) is 5.34. The second-order valence-corrected chi connectivity index (χ2v) is 2.24. The fraction of sp³-hybridized carbons (Fsp3) is 0.167. The number of hydrogen-bond donors (Lipinski definition) is 2. The maximum Gasteiger partial charge on any atom is 0.183 e. The maximum absolute atomic E-state index is 4.95. The third kappa shape index (κ3) is 2.12. The van der Waals surface area contributed by atoms with E-state index in [0.717, 1.165) is 0 Å². The van der Waals surface area contributed by atoms with Gasteiger partial charge in [0.2, 0.25) is 0 Å². The normalized spacial score (nSPS) is 9.09. The molecule has 0 amide bonds. The highest BCUT2D eigenvalue weighted by atomic mass is 32.1. The lowest BCUT2D eigenvalue weighted by atomic mass is 10.5. The smallest absolute Gasteiger partial charge is 0.183 e. The molecule has 1 aromatic rings. The molecule has 0 saturated heterocycles. The molecule has 0 aliphatic carbocycles. The molecule has 0 fully saturated rings. The molecule has 4 nitrogen and oxygen atoms in total. The number of aromatic nitrogens is 3. The third-order valence-electron chi connectivity index (χ3n) is 1.04. The SMILES string of the molecule is C=CCNC(=S)c1ncn[nH]1. The molecule has 1 rings (SSSR count). The quantitative estimate of drug-likeness (QED) is 0.502. The number of hydrogen-bond acceptors (Lipinski definition) is 3. The third-order valence-corrected chi connectivity index (χ3v) is 1.37. The number of nitrogens with zero attached hydrogens (tertiary/aromatic N) is 2. The molecule has 0 aromatic carbocycles. The summed E-state index contributed by atoms with van der Waals surface area (Å²) < 4.78 is 0. The number of aromatic amines is 1. The second kappa shape index (κ2) is 3.82. The molecule has 0 unspecified atom stereocenters. The molecule has 0 saturated carbocycles. The Morgan fingerprint density at radius 2 is 2.73 bits per heavy atom. The predicted molar refractivity (Wildman–Crippen MR) is 46.3 cm³/mol. The number of rotatable bonds is 3. The van der Waals surface area contributed by atoms with Gasteiger partial charge >= 0.3 is 0 Å². The first-order valence-corrected chi connectivity index (χ1v) is 3.50. The Hall–Kier alpha value is -1.23. The van der Waals surface area contributed by atoms with E-state index in [4.69, 9.17) is 12.2 Å². The molecule has 0 aliphatic rings. The van der Waals surface area contributed by atoms with E-state index in [9.17, 15) is 0 Å². The van der Waals surface area contributed by atoms with E-state index < -0.39 is 0 Å². The lowest BCUT2D eigenvalue weighted by Gasteiger charge is -1.99. The van der Waals surface area contributed by atoms with Crippen LogP contribution >= 0.6 is 12.2 Å². The molecular formula is C6H8N4S. The Kier molecular flexibility index (Phi) is 2.74. The van der Waals surface area contributed by atoms with Crippen molar-refractivity contribution in [3.8, 4) is 0 Å². The summed E-state index contributed by atoms with van der Waals surface area (Å²) in [6, 6.07) is 0. The van der Waals surface area contributed by atoms with Gasteiger partial charge in [0.25, 0.3) is 0 Å². The molecule has 1 aromatic heterocycles. The molecule has 1 heterocycles. The zero-order valence-electron chi connectivity index (χ0n) is 5.87. The van der Waals surface area contributed by atoms with E-state index in [1.54, 1.807) is 6.08 Å². The zero-order chi connectivity index (χ0) is 8.10. The lowest BCUT2D eigenvalue weighted by molar-refractivity contribution is 1.02. The number of H-pyrrole nitrogens is 1. The van der Waals surface area contributed by atoms with Crippen LogP contribution in [-0.4, -0.2) is 26.7 Å². The number of nitrogens with one attached hydrogen (secondary N) is 2. The Morgan fingerprint density at radius 3 is 3.27 bits per heavy atom. The van der Waals surface area contributed by atoms with Crippen molar-refractivity contribution in [2.75, 3.05) is 6.54 Å². The van der Waals surface area contributed by atoms with E-state index >= 15 is 0 Å². The second-order valence-electron chi connectivity index (χ2n) is 1.83. The van der Waals surface area contributed by atoms with Crippen molar-refractivity contribution < 1.29 is 0 Å². The molecule has 0 spiro atoms. The molecule has 58 valence electrons. The Balaban J connectivity index is 2.49. The highest BCUT2D eigenvalue weighted by molar-refractivity contribution is 7.80. The fourth-order valence-electron chi connectivity index (χ4n) is 0.563.